The first kappa shape index (κ1) is 12.6. The number of rotatable bonds is 4. The van der Waals surface area contributed by atoms with Gasteiger partial charge in [0.2, 0.25) is 5.95 Å². The molecule has 0 amide bonds. The largest absolute Gasteiger partial charge is 0.353 e. The molecule has 19 heavy (non-hydrogen) atoms. The van der Waals surface area contributed by atoms with Gasteiger partial charge in [-0.3, -0.25) is 0 Å². The van der Waals surface area contributed by atoms with Gasteiger partial charge in [-0.05, 0) is 35.0 Å². The molecular formula is C12H12BrN5S. The Labute approximate surface area is 122 Å². The van der Waals surface area contributed by atoms with Gasteiger partial charge in [-0.25, -0.2) is 9.50 Å². The molecule has 0 aliphatic carbocycles. The van der Waals surface area contributed by atoms with Crippen LogP contribution in [0.25, 0.3) is 5.65 Å². The zero-order chi connectivity index (χ0) is 13.2. The Morgan fingerprint density at radius 2 is 2.32 bits per heavy atom. The van der Waals surface area contributed by atoms with Crippen LogP contribution in [0.5, 0.6) is 0 Å². The Morgan fingerprint density at radius 1 is 1.42 bits per heavy atom. The summed E-state index contributed by atoms with van der Waals surface area (Å²) >= 11 is 5.13. The fourth-order valence-electron chi connectivity index (χ4n) is 1.77. The summed E-state index contributed by atoms with van der Waals surface area (Å²) in [5.74, 6) is 0.638. The molecule has 0 saturated heterocycles. The lowest BCUT2D eigenvalue weighted by Crippen LogP contribution is -2.06. The van der Waals surface area contributed by atoms with Crippen LogP contribution in [0, 0.1) is 6.92 Å². The van der Waals surface area contributed by atoms with Crippen molar-refractivity contribution in [3.63, 3.8) is 0 Å². The first-order valence-electron chi connectivity index (χ1n) is 5.88. The number of anilines is 1. The van der Waals surface area contributed by atoms with Crippen LogP contribution >= 0.6 is 27.3 Å². The normalized spacial score (nSPS) is 11.1. The summed E-state index contributed by atoms with van der Waals surface area (Å²) in [6.45, 7) is 2.79. The smallest absolute Gasteiger partial charge is 0.243 e. The van der Waals surface area contributed by atoms with Crippen LogP contribution in [-0.4, -0.2) is 26.1 Å². The summed E-state index contributed by atoms with van der Waals surface area (Å²) in [6, 6.07) is 3.87. The molecule has 0 unspecified atom stereocenters. The molecule has 0 fully saturated rings. The molecule has 7 heteroatoms. The van der Waals surface area contributed by atoms with Crippen molar-refractivity contribution in [2.75, 3.05) is 11.9 Å². The van der Waals surface area contributed by atoms with Gasteiger partial charge in [0.1, 0.15) is 0 Å². The highest BCUT2D eigenvalue weighted by molar-refractivity contribution is 9.10. The van der Waals surface area contributed by atoms with Crippen molar-refractivity contribution in [3.05, 3.63) is 38.9 Å². The number of pyridine rings is 1. The van der Waals surface area contributed by atoms with E-state index in [0.29, 0.717) is 5.95 Å². The molecule has 3 rings (SSSR count). The molecule has 3 aromatic heterocycles. The highest BCUT2D eigenvalue weighted by Crippen LogP contribution is 2.16. The van der Waals surface area contributed by atoms with E-state index in [9.17, 15) is 0 Å². The Kier molecular flexibility index (Phi) is 3.48. The van der Waals surface area contributed by atoms with Gasteiger partial charge in [0, 0.05) is 24.5 Å². The summed E-state index contributed by atoms with van der Waals surface area (Å²) in [5.41, 5.74) is 1.93. The molecule has 3 heterocycles. The molecule has 3 aromatic rings. The minimum Gasteiger partial charge on any atom is -0.353 e. The standard InChI is InChI=1S/C12H12BrN5S/c1-8-15-9(7-19-8)4-5-14-12-16-11-10(13)3-2-6-18(11)17-12/h2-3,6-7H,4-5H2,1H3,(H,14,17). The van der Waals surface area contributed by atoms with Crippen LogP contribution in [0.1, 0.15) is 10.7 Å². The van der Waals surface area contributed by atoms with E-state index in [2.05, 4.69) is 41.7 Å². The summed E-state index contributed by atoms with van der Waals surface area (Å²) in [5, 5.41) is 10.8. The molecule has 0 radical (unpaired) electrons. The summed E-state index contributed by atoms with van der Waals surface area (Å²) in [6.07, 6.45) is 2.75. The fourth-order valence-corrected chi connectivity index (χ4v) is 2.84. The molecule has 98 valence electrons. The predicted molar refractivity (Wildman–Crippen MR) is 79.7 cm³/mol. The molecule has 0 aromatic carbocycles. The molecule has 0 bridgehead atoms. The molecule has 0 aliphatic heterocycles. The van der Waals surface area contributed by atoms with Crippen molar-refractivity contribution in [1.82, 2.24) is 19.6 Å². The second-order valence-electron chi connectivity index (χ2n) is 4.09. The van der Waals surface area contributed by atoms with E-state index in [1.54, 1.807) is 15.9 Å². The van der Waals surface area contributed by atoms with E-state index >= 15 is 0 Å². The van der Waals surface area contributed by atoms with Crippen LogP contribution < -0.4 is 5.32 Å². The number of hydrogen-bond donors (Lipinski definition) is 1. The van der Waals surface area contributed by atoms with E-state index in [1.807, 2.05) is 25.3 Å². The lowest BCUT2D eigenvalue weighted by atomic mass is 10.3. The maximum Gasteiger partial charge on any atom is 0.243 e. The van der Waals surface area contributed by atoms with Gasteiger partial charge >= 0.3 is 0 Å². The topological polar surface area (TPSA) is 55.1 Å². The van der Waals surface area contributed by atoms with Crippen LogP contribution in [-0.2, 0) is 6.42 Å². The second-order valence-corrected chi connectivity index (χ2v) is 6.01. The quantitative estimate of drug-likeness (QED) is 0.795. The first-order valence-corrected chi connectivity index (χ1v) is 7.55. The van der Waals surface area contributed by atoms with Gasteiger partial charge in [-0.2, -0.15) is 4.98 Å². The maximum absolute atomic E-state index is 4.42. The van der Waals surface area contributed by atoms with Gasteiger partial charge in [-0.1, -0.05) is 0 Å². The Bertz CT molecular complexity index is 705. The number of fused-ring (bicyclic) bond motifs is 1. The van der Waals surface area contributed by atoms with E-state index in [4.69, 9.17) is 0 Å². The van der Waals surface area contributed by atoms with Gasteiger partial charge in [0.25, 0.3) is 0 Å². The number of nitrogens with one attached hydrogen (secondary N) is 1. The number of hydrogen-bond acceptors (Lipinski definition) is 5. The van der Waals surface area contributed by atoms with E-state index in [1.165, 1.54) is 0 Å². The van der Waals surface area contributed by atoms with Crippen molar-refractivity contribution in [2.45, 2.75) is 13.3 Å². The second kappa shape index (κ2) is 5.26. The number of thiazole rings is 1. The van der Waals surface area contributed by atoms with Crippen molar-refractivity contribution in [1.29, 1.82) is 0 Å². The summed E-state index contributed by atoms with van der Waals surface area (Å²) in [7, 11) is 0. The zero-order valence-electron chi connectivity index (χ0n) is 10.3. The lowest BCUT2D eigenvalue weighted by molar-refractivity contribution is 0.922. The van der Waals surface area contributed by atoms with E-state index in [0.717, 1.165) is 33.8 Å². The van der Waals surface area contributed by atoms with Crippen molar-refractivity contribution in [2.24, 2.45) is 0 Å². The summed E-state index contributed by atoms with van der Waals surface area (Å²) in [4.78, 5) is 8.85. The van der Waals surface area contributed by atoms with E-state index in [-0.39, 0.29) is 0 Å². The SMILES string of the molecule is Cc1nc(CCNc2nc3c(Br)cccn3n2)cs1. The Hall–Kier alpha value is -1.47. The average Bonchev–Trinajstić information content (AvgIpc) is 2.97. The van der Waals surface area contributed by atoms with Gasteiger partial charge < -0.3 is 5.32 Å². The number of aryl methyl sites for hydroxylation is 1. The third-order valence-electron chi connectivity index (χ3n) is 2.65. The Morgan fingerprint density at radius 3 is 3.05 bits per heavy atom. The number of nitrogens with zero attached hydrogens (tertiary/aromatic N) is 4. The first-order chi connectivity index (χ1) is 9.22. The maximum atomic E-state index is 4.42. The van der Waals surface area contributed by atoms with Crippen LogP contribution in [0.4, 0.5) is 5.95 Å². The highest BCUT2D eigenvalue weighted by atomic mass is 79.9. The van der Waals surface area contributed by atoms with Gasteiger partial charge in [0.15, 0.2) is 5.65 Å². The average molecular weight is 338 g/mol. The predicted octanol–water partition coefficient (Wildman–Crippen LogP) is 2.91. The third-order valence-corrected chi connectivity index (χ3v) is 4.09. The minimum atomic E-state index is 0.638. The Balaban J connectivity index is 1.67. The van der Waals surface area contributed by atoms with Crippen molar-refractivity contribution >= 4 is 38.9 Å². The van der Waals surface area contributed by atoms with Crippen LogP contribution in [0.15, 0.2) is 28.2 Å². The molecular weight excluding hydrogens is 326 g/mol. The minimum absolute atomic E-state index is 0.638. The monoisotopic (exact) mass is 337 g/mol. The molecule has 0 saturated carbocycles. The third kappa shape index (κ3) is 2.76. The number of halogens is 1. The molecule has 0 atom stereocenters. The zero-order valence-corrected chi connectivity index (χ0v) is 12.7. The lowest BCUT2D eigenvalue weighted by Gasteiger charge is -1.98. The highest BCUT2D eigenvalue weighted by Gasteiger charge is 2.05. The van der Waals surface area contributed by atoms with Crippen LogP contribution in [0.2, 0.25) is 0 Å². The molecule has 0 aliphatic rings. The number of aromatic nitrogens is 4. The van der Waals surface area contributed by atoms with Crippen molar-refractivity contribution in [3.8, 4) is 0 Å². The van der Waals surface area contributed by atoms with Gasteiger partial charge in [0.05, 0.1) is 15.2 Å². The molecule has 5 nitrogen and oxygen atoms in total. The van der Waals surface area contributed by atoms with Crippen LogP contribution in [0.3, 0.4) is 0 Å². The van der Waals surface area contributed by atoms with Crippen molar-refractivity contribution < 1.29 is 0 Å². The summed E-state index contributed by atoms with van der Waals surface area (Å²) < 4.78 is 2.69. The fraction of sp³-hybridized carbons (Fsp3) is 0.250. The van der Waals surface area contributed by atoms with Gasteiger partial charge in [-0.15, -0.1) is 16.4 Å². The van der Waals surface area contributed by atoms with E-state index < -0.39 is 0 Å². The molecule has 0 spiro atoms. The molecule has 1 N–H and O–H groups in total.